The zero-order chi connectivity index (χ0) is 14.8. The normalized spacial score (nSPS) is 10.5. The van der Waals surface area contributed by atoms with Crippen molar-refractivity contribution in [3.63, 3.8) is 0 Å². The van der Waals surface area contributed by atoms with Crippen LogP contribution in [0, 0.1) is 0 Å². The summed E-state index contributed by atoms with van der Waals surface area (Å²) in [6.07, 6.45) is 0. The number of anilines is 1. The molecule has 6 heteroatoms. The number of amides is 1. The maximum absolute atomic E-state index is 12.2. The second-order valence-corrected chi connectivity index (χ2v) is 5.40. The molecule has 0 saturated heterocycles. The smallest absolute Gasteiger partial charge is 0.354 e. The lowest BCUT2D eigenvalue weighted by molar-refractivity contribution is 0.0690. The number of aromatic nitrogens is 1. The third-order valence-electron chi connectivity index (χ3n) is 2.86. The maximum Gasteiger partial charge on any atom is 0.354 e. The number of aromatic carboxylic acids is 1. The van der Waals surface area contributed by atoms with Gasteiger partial charge in [0, 0.05) is 4.70 Å². The molecule has 0 aliphatic heterocycles. The van der Waals surface area contributed by atoms with Gasteiger partial charge in [-0.2, -0.15) is 0 Å². The topological polar surface area (TPSA) is 79.3 Å². The molecular weight excluding hydrogens is 288 g/mol. The Morgan fingerprint density at radius 1 is 1.10 bits per heavy atom. The van der Waals surface area contributed by atoms with E-state index in [2.05, 4.69) is 10.3 Å². The van der Waals surface area contributed by atoms with Crippen molar-refractivity contribution >= 4 is 39.1 Å². The number of carboxylic acid groups (broad SMARTS) is 1. The maximum atomic E-state index is 12.2. The van der Waals surface area contributed by atoms with Gasteiger partial charge in [0.2, 0.25) is 0 Å². The van der Waals surface area contributed by atoms with Crippen molar-refractivity contribution in [1.82, 2.24) is 4.98 Å². The Balaban J connectivity index is 1.85. The molecule has 21 heavy (non-hydrogen) atoms. The molecule has 3 aromatic rings. The van der Waals surface area contributed by atoms with E-state index in [1.165, 1.54) is 23.5 Å². The average Bonchev–Trinajstić information content (AvgIpc) is 2.91. The number of carbonyl (C=O) groups excluding carboxylic acids is 1. The highest BCUT2D eigenvalue weighted by Crippen LogP contribution is 2.25. The Morgan fingerprint density at radius 2 is 1.90 bits per heavy atom. The monoisotopic (exact) mass is 298 g/mol. The van der Waals surface area contributed by atoms with Crippen molar-refractivity contribution in [2.75, 3.05) is 5.32 Å². The molecular formula is C15H10N2O3S. The van der Waals surface area contributed by atoms with E-state index >= 15 is 0 Å². The fourth-order valence-electron chi connectivity index (χ4n) is 1.90. The van der Waals surface area contributed by atoms with Crippen LogP contribution in [0.4, 0.5) is 5.82 Å². The van der Waals surface area contributed by atoms with Gasteiger partial charge in [0.15, 0.2) is 5.69 Å². The molecule has 104 valence electrons. The van der Waals surface area contributed by atoms with E-state index in [0.29, 0.717) is 4.88 Å². The van der Waals surface area contributed by atoms with Crippen LogP contribution < -0.4 is 5.32 Å². The lowest BCUT2D eigenvalue weighted by Crippen LogP contribution is -2.12. The third kappa shape index (κ3) is 2.75. The second-order valence-electron chi connectivity index (χ2n) is 4.32. The van der Waals surface area contributed by atoms with Crippen LogP contribution in [0.1, 0.15) is 20.2 Å². The van der Waals surface area contributed by atoms with E-state index in [1.54, 1.807) is 12.1 Å². The Hall–Kier alpha value is -2.73. The van der Waals surface area contributed by atoms with Gasteiger partial charge >= 0.3 is 5.97 Å². The molecule has 0 spiro atoms. The molecule has 0 fully saturated rings. The standard InChI is InChI=1S/C15H10N2O3S/c18-14(12-8-9-4-1-2-6-11(9)21-12)17-13-7-3-5-10(16-13)15(19)20/h1-8H,(H,19,20)(H,16,17,18). The van der Waals surface area contributed by atoms with Crippen molar-refractivity contribution in [2.45, 2.75) is 0 Å². The van der Waals surface area contributed by atoms with Crippen LogP contribution in [0.5, 0.6) is 0 Å². The Kier molecular flexibility index (Phi) is 3.37. The number of nitrogens with one attached hydrogen (secondary N) is 1. The van der Waals surface area contributed by atoms with Crippen LogP contribution in [-0.4, -0.2) is 22.0 Å². The number of carbonyl (C=O) groups is 2. The SMILES string of the molecule is O=C(O)c1cccc(NC(=O)c2cc3ccccc3s2)n1. The Bertz CT molecular complexity index is 809. The number of benzene rings is 1. The van der Waals surface area contributed by atoms with Crippen molar-refractivity contribution < 1.29 is 14.7 Å². The first-order valence-electron chi connectivity index (χ1n) is 6.14. The van der Waals surface area contributed by atoms with E-state index in [9.17, 15) is 9.59 Å². The summed E-state index contributed by atoms with van der Waals surface area (Å²) in [7, 11) is 0. The molecule has 2 heterocycles. The van der Waals surface area contributed by atoms with Gasteiger partial charge in [-0.25, -0.2) is 9.78 Å². The van der Waals surface area contributed by atoms with Crippen LogP contribution in [-0.2, 0) is 0 Å². The summed E-state index contributed by atoms with van der Waals surface area (Å²) in [5.41, 5.74) is -0.107. The lowest BCUT2D eigenvalue weighted by Gasteiger charge is -2.03. The third-order valence-corrected chi connectivity index (χ3v) is 3.97. The van der Waals surface area contributed by atoms with E-state index in [1.807, 2.05) is 24.3 Å². The van der Waals surface area contributed by atoms with Crippen molar-refractivity contribution in [1.29, 1.82) is 0 Å². The van der Waals surface area contributed by atoms with Crippen molar-refractivity contribution in [2.24, 2.45) is 0 Å². The summed E-state index contributed by atoms with van der Waals surface area (Å²) in [5.74, 6) is -1.21. The molecule has 0 radical (unpaired) electrons. The van der Waals surface area contributed by atoms with Gasteiger partial charge in [0.05, 0.1) is 4.88 Å². The first kappa shape index (κ1) is 13.3. The highest BCUT2D eigenvalue weighted by molar-refractivity contribution is 7.20. The number of rotatable bonds is 3. The predicted octanol–water partition coefficient (Wildman–Crippen LogP) is 3.25. The number of hydrogen-bond acceptors (Lipinski definition) is 4. The summed E-state index contributed by atoms with van der Waals surface area (Å²) >= 11 is 1.38. The molecule has 0 saturated carbocycles. The minimum atomic E-state index is -1.13. The summed E-state index contributed by atoms with van der Waals surface area (Å²) in [4.78, 5) is 27.4. The fraction of sp³-hybridized carbons (Fsp3) is 0. The molecule has 2 aromatic heterocycles. The summed E-state index contributed by atoms with van der Waals surface area (Å²) in [6.45, 7) is 0. The Morgan fingerprint density at radius 3 is 2.67 bits per heavy atom. The molecule has 0 bridgehead atoms. The lowest BCUT2D eigenvalue weighted by atomic mass is 10.2. The van der Waals surface area contributed by atoms with Gasteiger partial charge in [0.25, 0.3) is 5.91 Å². The average molecular weight is 298 g/mol. The quantitative estimate of drug-likeness (QED) is 0.778. The zero-order valence-corrected chi connectivity index (χ0v) is 11.6. The van der Waals surface area contributed by atoms with Gasteiger partial charge < -0.3 is 10.4 Å². The number of carboxylic acids is 1. The highest BCUT2D eigenvalue weighted by atomic mass is 32.1. The number of thiophene rings is 1. The van der Waals surface area contributed by atoms with Crippen LogP contribution in [0.3, 0.4) is 0 Å². The van der Waals surface area contributed by atoms with Crippen molar-refractivity contribution in [3.8, 4) is 0 Å². The molecule has 1 amide bonds. The summed E-state index contributed by atoms with van der Waals surface area (Å²) in [6, 6.07) is 14.0. The largest absolute Gasteiger partial charge is 0.477 e. The molecule has 0 unspecified atom stereocenters. The van der Waals surface area contributed by atoms with E-state index in [-0.39, 0.29) is 17.4 Å². The van der Waals surface area contributed by atoms with Gasteiger partial charge in [-0.1, -0.05) is 24.3 Å². The highest BCUT2D eigenvalue weighted by Gasteiger charge is 2.12. The van der Waals surface area contributed by atoms with Crippen LogP contribution in [0.2, 0.25) is 0 Å². The van der Waals surface area contributed by atoms with Crippen molar-refractivity contribution in [3.05, 3.63) is 59.1 Å². The van der Waals surface area contributed by atoms with Gasteiger partial charge in [0.1, 0.15) is 5.82 Å². The molecule has 5 nitrogen and oxygen atoms in total. The first-order valence-corrected chi connectivity index (χ1v) is 6.95. The van der Waals surface area contributed by atoms with Gasteiger partial charge in [-0.15, -0.1) is 11.3 Å². The molecule has 0 atom stereocenters. The van der Waals surface area contributed by atoms with E-state index in [4.69, 9.17) is 5.11 Å². The summed E-state index contributed by atoms with van der Waals surface area (Å²) < 4.78 is 1.02. The summed E-state index contributed by atoms with van der Waals surface area (Å²) in [5, 5.41) is 12.5. The van der Waals surface area contributed by atoms with Crippen LogP contribution in [0.25, 0.3) is 10.1 Å². The Labute approximate surface area is 123 Å². The molecule has 0 aliphatic carbocycles. The van der Waals surface area contributed by atoms with Gasteiger partial charge in [-0.05, 0) is 29.7 Å². The second kappa shape index (κ2) is 5.34. The minimum Gasteiger partial charge on any atom is -0.477 e. The zero-order valence-electron chi connectivity index (χ0n) is 10.7. The van der Waals surface area contributed by atoms with Crippen LogP contribution >= 0.6 is 11.3 Å². The molecule has 1 aromatic carbocycles. The number of nitrogens with zero attached hydrogens (tertiary/aromatic N) is 1. The van der Waals surface area contributed by atoms with Gasteiger partial charge in [-0.3, -0.25) is 4.79 Å². The first-order chi connectivity index (χ1) is 10.1. The molecule has 0 aliphatic rings. The van der Waals surface area contributed by atoms with E-state index in [0.717, 1.165) is 10.1 Å². The number of hydrogen-bond donors (Lipinski definition) is 2. The van der Waals surface area contributed by atoms with Crippen LogP contribution in [0.15, 0.2) is 48.5 Å². The molecule has 3 rings (SSSR count). The number of fused-ring (bicyclic) bond motifs is 1. The minimum absolute atomic E-state index is 0.107. The predicted molar refractivity (Wildman–Crippen MR) is 81.0 cm³/mol. The fourth-order valence-corrected chi connectivity index (χ4v) is 2.85. The number of pyridine rings is 1. The van der Waals surface area contributed by atoms with E-state index < -0.39 is 5.97 Å². The molecule has 2 N–H and O–H groups in total.